The second-order valence-corrected chi connectivity index (χ2v) is 2.76. The molecule has 1 rings (SSSR count). The van der Waals surface area contributed by atoms with Crippen molar-refractivity contribution in [3.05, 3.63) is 19.1 Å². The van der Waals surface area contributed by atoms with Crippen LogP contribution in [0.4, 0.5) is 0 Å². The first-order valence-electron chi connectivity index (χ1n) is 3.29. The second kappa shape index (κ2) is 2.34. The van der Waals surface area contributed by atoms with Crippen LogP contribution in [0.2, 0.25) is 0 Å². The fourth-order valence-corrected chi connectivity index (χ4v) is 1.19. The summed E-state index contributed by atoms with van der Waals surface area (Å²) in [6.07, 6.45) is 6.98. The minimum atomic E-state index is 0.582. The van der Waals surface area contributed by atoms with E-state index < -0.39 is 0 Å². The van der Waals surface area contributed by atoms with Gasteiger partial charge in [-0.05, 0) is 31.6 Å². The lowest BCUT2D eigenvalue weighted by Crippen LogP contribution is -2.04. The van der Waals surface area contributed by atoms with Gasteiger partial charge in [0.1, 0.15) is 0 Å². The number of hydrogen-bond acceptors (Lipinski definition) is 0. The molecule has 0 N–H and O–H groups in total. The predicted octanol–water partition coefficient (Wildman–Crippen LogP) is 2.42. The van der Waals surface area contributed by atoms with E-state index in [2.05, 4.69) is 26.0 Å². The van der Waals surface area contributed by atoms with Crippen LogP contribution in [0.5, 0.6) is 0 Å². The number of allylic oxidation sites excluding steroid dienone is 2. The largest absolute Gasteiger partial charge is 0.0880 e. The van der Waals surface area contributed by atoms with Crippen molar-refractivity contribution < 1.29 is 0 Å². The molecule has 0 aromatic rings. The van der Waals surface area contributed by atoms with Crippen molar-refractivity contribution in [2.75, 3.05) is 0 Å². The van der Waals surface area contributed by atoms with Crippen LogP contribution in [0.25, 0.3) is 0 Å². The van der Waals surface area contributed by atoms with Gasteiger partial charge in [-0.2, -0.15) is 0 Å². The molecule has 0 amide bonds. The lowest BCUT2D eigenvalue weighted by Gasteiger charge is -2.16. The van der Waals surface area contributed by atoms with Gasteiger partial charge in [-0.15, -0.1) is 0 Å². The van der Waals surface area contributed by atoms with Gasteiger partial charge in [-0.3, -0.25) is 0 Å². The molecule has 0 heteroatoms. The van der Waals surface area contributed by atoms with E-state index in [1.54, 1.807) is 0 Å². The molecule has 2 atom stereocenters. The maximum atomic E-state index is 3.96. The quantitative estimate of drug-likeness (QED) is 0.419. The zero-order valence-electron chi connectivity index (χ0n) is 5.43. The van der Waals surface area contributed by atoms with Crippen molar-refractivity contribution in [3.8, 4) is 0 Å². The molecule has 0 heterocycles. The van der Waals surface area contributed by atoms with Crippen molar-refractivity contribution in [2.24, 2.45) is 11.8 Å². The fraction of sp³-hybridized carbons (Fsp3) is 0.625. The van der Waals surface area contributed by atoms with Gasteiger partial charge in [0, 0.05) is 0 Å². The highest BCUT2D eigenvalue weighted by Gasteiger charge is 2.08. The molecule has 2 unspecified atom stereocenters. The van der Waals surface area contributed by atoms with Gasteiger partial charge in [0.05, 0.1) is 0 Å². The molecule has 45 valence electrons. The van der Waals surface area contributed by atoms with Crippen LogP contribution in [-0.4, -0.2) is 0 Å². The van der Waals surface area contributed by atoms with E-state index in [1.165, 1.54) is 12.8 Å². The molecule has 0 fully saturated rings. The van der Waals surface area contributed by atoms with E-state index in [9.17, 15) is 0 Å². The molecule has 0 bridgehead atoms. The van der Waals surface area contributed by atoms with Crippen molar-refractivity contribution >= 4 is 0 Å². The van der Waals surface area contributed by atoms with Gasteiger partial charge < -0.3 is 0 Å². The number of hydrogen-bond donors (Lipinski definition) is 0. The molecule has 0 saturated carbocycles. The van der Waals surface area contributed by atoms with Gasteiger partial charge in [-0.25, -0.2) is 0 Å². The average Bonchev–Trinajstić information content (AvgIpc) is 1.64. The summed E-state index contributed by atoms with van der Waals surface area (Å²) in [5.41, 5.74) is 0. The Morgan fingerprint density at radius 1 is 1.62 bits per heavy atom. The monoisotopic (exact) mass is 109 g/mol. The Bertz CT molecular complexity index is 92.2. The lowest BCUT2D eigenvalue weighted by atomic mass is 9.89. The average molecular weight is 109 g/mol. The van der Waals surface area contributed by atoms with E-state index in [4.69, 9.17) is 0 Å². The molecular formula is C8H13. The van der Waals surface area contributed by atoms with E-state index >= 15 is 0 Å². The fourth-order valence-electron chi connectivity index (χ4n) is 1.19. The predicted molar refractivity (Wildman–Crippen MR) is 36.4 cm³/mol. The van der Waals surface area contributed by atoms with E-state index in [-0.39, 0.29) is 0 Å². The zero-order chi connectivity index (χ0) is 5.98. The van der Waals surface area contributed by atoms with Crippen LogP contribution in [-0.2, 0) is 0 Å². The summed E-state index contributed by atoms with van der Waals surface area (Å²) in [5.74, 6) is 1.45. The summed E-state index contributed by atoms with van der Waals surface area (Å²) in [6.45, 7) is 6.24. The molecule has 0 aromatic carbocycles. The Balaban J connectivity index is 2.42. The van der Waals surface area contributed by atoms with Gasteiger partial charge in [0.25, 0.3) is 0 Å². The Morgan fingerprint density at radius 3 is 2.75 bits per heavy atom. The third kappa shape index (κ3) is 1.36. The van der Waals surface area contributed by atoms with Crippen molar-refractivity contribution in [1.82, 2.24) is 0 Å². The van der Waals surface area contributed by atoms with Crippen LogP contribution < -0.4 is 0 Å². The normalized spacial score (nSPS) is 37.8. The summed E-state index contributed by atoms with van der Waals surface area (Å²) in [4.78, 5) is 0. The van der Waals surface area contributed by atoms with Gasteiger partial charge in [-0.1, -0.05) is 19.1 Å². The van der Waals surface area contributed by atoms with Gasteiger partial charge in [0.2, 0.25) is 0 Å². The SMILES string of the molecule is [CH2]C1C=CCC(C)C1. The molecular weight excluding hydrogens is 96.1 g/mol. The Labute approximate surface area is 51.6 Å². The van der Waals surface area contributed by atoms with Crippen LogP contribution in [0.15, 0.2) is 12.2 Å². The first kappa shape index (κ1) is 5.87. The molecule has 0 saturated heterocycles. The minimum absolute atomic E-state index is 0.582. The molecule has 1 aliphatic carbocycles. The molecule has 0 spiro atoms. The van der Waals surface area contributed by atoms with Gasteiger partial charge >= 0.3 is 0 Å². The number of rotatable bonds is 0. The highest BCUT2D eigenvalue weighted by molar-refractivity contribution is 4.95. The minimum Gasteiger partial charge on any atom is -0.0880 e. The van der Waals surface area contributed by atoms with Crippen molar-refractivity contribution in [2.45, 2.75) is 19.8 Å². The lowest BCUT2D eigenvalue weighted by molar-refractivity contribution is 0.472. The highest BCUT2D eigenvalue weighted by atomic mass is 14.1. The van der Waals surface area contributed by atoms with Crippen molar-refractivity contribution in [3.63, 3.8) is 0 Å². The van der Waals surface area contributed by atoms with Crippen LogP contribution in [0.3, 0.4) is 0 Å². The molecule has 8 heavy (non-hydrogen) atoms. The molecule has 0 aliphatic heterocycles. The molecule has 0 nitrogen and oxygen atoms in total. The third-order valence-corrected chi connectivity index (χ3v) is 1.65. The van der Waals surface area contributed by atoms with E-state index in [0.29, 0.717) is 5.92 Å². The summed E-state index contributed by atoms with van der Waals surface area (Å²) in [7, 11) is 0. The van der Waals surface area contributed by atoms with E-state index in [0.717, 1.165) is 5.92 Å². The standard InChI is InChI=1S/C8H13/c1-7-4-3-5-8(2)6-7/h3-4,7-8H,1,5-6H2,2H3. The maximum absolute atomic E-state index is 3.96. The second-order valence-electron chi connectivity index (χ2n) is 2.76. The highest BCUT2D eigenvalue weighted by Crippen LogP contribution is 2.21. The Hall–Kier alpha value is -0.260. The van der Waals surface area contributed by atoms with Crippen LogP contribution >= 0.6 is 0 Å². The summed E-state index contributed by atoms with van der Waals surface area (Å²) in [6, 6.07) is 0. The van der Waals surface area contributed by atoms with Gasteiger partial charge in [0.15, 0.2) is 0 Å². The third-order valence-electron chi connectivity index (χ3n) is 1.65. The smallest absolute Gasteiger partial charge is 0.0231 e. The topological polar surface area (TPSA) is 0 Å². The Kier molecular flexibility index (Phi) is 1.72. The van der Waals surface area contributed by atoms with E-state index in [1.807, 2.05) is 0 Å². The summed E-state index contributed by atoms with van der Waals surface area (Å²) in [5, 5.41) is 0. The summed E-state index contributed by atoms with van der Waals surface area (Å²) >= 11 is 0. The summed E-state index contributed by atoms with van der Waals surface area (Å²) < 4.78 is 0. The van der Waals surface area contributed by atoms with Crippen LogP contribution in [0.1, 0.15) is 19.8 Å². The first-order valence-corrected chi connectivity index (χ1v) is 3.29. The molecule has 1 aliphatic rings. The molecule has 0 aromatic heterocycles. The maximum Gasteiger partial charge on any atom is -0.0231 e. The first-order chi connectivity index (χ1) is 3.79. The van der Waals surface area contributed by atoms with Crippen molar-refractivity contribution in [1.29, 1.82) is 0 Å². The zero-order valence-corrected chi connectivity index (χ0v) is 5.43. The Morgan fingerprint density at radius 2 is 2.38 bits per heavy atom. The van der Waals surface area contributed by atoms with Crippen LogP contribution in [0, 0.1) is 18.8 Å². The molecule has 1 radical (unpaired) electrons.